The molecule has 1 amide bonds. The van der Waals surface area contributed by atoms with E-state index in [4.69, 9.17) is 18.9 Å². The first kappa shape index (κ1) is 31.9. The van der Waals surface area contributed by atoms with Crippen molar-refractivity contribution < 1.29 is 32.2 Å². The zero-order chi connectivity index (χ0) is 31.5. The molecule has 4 aromatic carbocycles. The Morgan fingerprint density at radius 1 is 0.841 bits per heavy atom. The number of carbonyl (C=O) groups excluding carboxylic acids is 1. The highest BCUT2D eigenvalue weighted by Crippen LogP contribution is 2.34. The number of nitrogens with zero attached hydrogens (tertiary/aromatic N) is 2. The number of benzene rings is 4. The van der Waals surface area contributed by atoms with Crippen LogP contribution < -0.4 is 28.7 Å². The summed E-state index contributed by atoms with van der Waals surface area (Å²) in [6.45, 7) is 4.00. The Morgan fingerprint density at radius 2 is 1.55 bits per heavy atom. The third kappa shape index (κ3) is 8.07. The number of hydrogen-bond acceptors (Lipinski definition) is 8. The molecular weight excluding hydrogens is 582 g/mol. The van der Waals surface area contributed by atoms with Crippen LogP contribution in [0, 0.1) is 6.92 Å². The first-order valence-corrected chi connectivity index (χ1v) is 15.3. The van der Waals surface area contributed by atoms with Gasteiger partial charge in [0.1, 0.15) is 13.2 Å². The smallest absolute Gasteiger partial charge is 0.264 e. The van der Waals surface area contributed by atoms with E-state index in [1.165, 1.54) is 38.6 Å². The zero-order valence-electron chi connectivity index (χ0n) is 25.0. The van der Waals surface area contributed by atoms with Gasteiger partial charge in [-0.2, -0.15) is 5.10 Å². The van der Waals surface area contributed by atoms with Crippen LogP contribution >= 0.6 is 0 Å². The lowest BCUT2D eigenvalue weighted by Gasteiger charge is -2.24. The van der Waals surface area contributed by atoms with Gasteiger partial charge in [-0.15, -0.1) is 0 Å². The lowest BCUT2D eigenvalue weighted by molar-refractivity contribution is -0.119. The molecule has 0 aliphatic rings. The van der Waals surface area contributed by atoms with Crippen LogP contribution in [0.4, 0.5) is 5.69 Å². The maximum atomic E-state index is 13.7. The SMILES string of the molecule is CCOc1cc(/C=N\NC(=O)CN(c2ccc(OC)c(OC)c2)S(=O)(=O)c2ccc(C)cc2)ccc1OCc1ccccc1. The van der Waals surface area contributed by atoms with Crippen molar-refractivity contribution >= 4 is 27.8 Å². The minimum atomic E-state index is -4.14. The highest BCUT2D eigenvalue weighted by molar-refractivity contribution is 7.92. The number of anilines is 1. The van der Waals surface area contributed by atoms with E-state index in [2.05, 4.69) is 10.5 Å². The Balaban J connectivity index is 1.52. The molecule has 10 nitrogen and oxygen atoms in total. The number of hydrogen-bond donors (Lipinski definition) is 1. The number of methoxy groups -OCH3 is 2. The molecule has 0 aromatic heterocycles. The summed E-state index contributed by atoms with van der Waals surface area (Å²) in [6, 6.07) is 26.1. The Labute approximate surface area is 257 Å². The first-order valence-electron chi connectivity index (χ1n) is 13.8. The third-order valence-corrected chi connectivity index (χ3v) is 8.25. The first-order chi connectivity index (χ1) is 21.2. The van der Waals surface area contributed by atoms with E-state index in [0.29, 0.717) is 41.8 Å². The molecule has 4 aromatic rings. The van der Waals surface area contributed by atoms with Gasteiger partial charge in [0.15, 0.2) is 23.0 Å². The van der Waals surface area contributed by atoms with Gasteiger partial charge in [0.25, 0.3) is 15.9 Å². The van der Waals surface area contributed by atoms with Gasteiger partial charge in [0.05, 0.1) is 37.6 Å². The minimum absolute atomic E-state index is 0.0345. The van der Waals surface area contributed by atoms with E-state index < -0.39 is 22.5 Å². The molecule has 4 rings (SSSR count). The van der Waals surface area contributed by atoms with Crippen LogP contribution in [0.15, 0.2) is 101 Å². The second-order valence-corrected chi connectivity index (χ2v) is 11.4. The lowest BCUT2D eigenvalue weighted by Crippen LogP contribution is -2.39. The van der Waals surface area contributed by atoms with Crippen LogP contribution in [0.2, 0.25) is 0 Å². The van der Waals surface area contributed by atoms with E-state index in [1.807, 2.05) is 44.2 Å². The van der Waals surface area contributed by atoms with Crippen LogP contribution in [-0.2, 0) is 21.4 Å². The number of rotatable bonds is 14. The predicted molar refractivity (Wildman–Crippen MR) is 169 cm³/mol. The summed E-state index contributed by atoms with van der Waals surface area (Å²) in [5.41, 5.74) is 5.21. The number of aryl methyl sites for hydroxylation is 1. The highest BCUT2D eigenvalue weighted by atomic mass is 32.2. The topological polar surface area (TPSA) is 116 Å². The molecule has 0 radical (unpaired) electrons. The van der Waals surface area contributed by atoms with Crippen LogP contribution in [0.25, 0.3) is 0 Å². The summed E-state index contributed by atoms with van der Waals surface area (Å²) < 4.78 is 50.8. The normalized spacial score (nSPS) is 11.2. The van der Waals surface area contributed by atoms with E-state index in [9.17, 15) is 13.2 Å². The van der Waals surface area contributed by atoms with Crippen molar-refractivity contribution in [3.05, 3.63) is 108 Å². The molecule has 1 N–H and O–H groups in total. The molecular formula is C33H35N3O7S. The van der Waals surface area contributed by atoms with Crippen molar-refractivity contribution in [2.24, 2.45) is 5.10 Å². The monoisotopic (exact) mass is 617 g/mol. The molecule has 230 valence electrons. The summed E-state index contributed by atoms with van der Waals surface area (Å²) in [5.74, 6) is 1.18. The number of ether oxygens (including phenoxy) is 4. The molecule has 0 aliphatic heterocycles. The Bertz CT molecular complexity index is 1690. The molecule has 0 heterocycles. The van der Waals surface area contributed by atoms with Crippen molar-refractivity contribution in [2.45, 2.75) is 25.3 Å². The second kappa shape index (κ2) is 14.9. The van der Waals surface area contributed by atoms with Crippen molar-refractivity contribution in [3.63, 3.8) is 0 Å². The fourth-order valence-corrected chi connectivity index (χ4v) is 5.62. The number of nitrogens with one attached hydrogen (secondary N) is 1. The summed E-state index contributed by atoms with van der Waals surface area (Å²) in [6.07, 6.45) is 1.44. The molecule has 0 bridgehead atoms. The molecule has 0 aliphatic carbocycles. The molecule has 0 spiro atoms. The van der Waals surface area contributed by atoms with Crippen LogP contribution in [0.1, 0.15) is 23.6 Å². The van der Waals surface area contributed by atoms with Crippen molar-refractivity contribution in [1.82, 2.24) is 5.43 Å². The number of carbonyl (C=O) groups is 1. The van der Waals surface area contributed by atoms with Gasteiger partial charge in [-0.25, -0.2) is 13.8 Å². The maximum Gasteiger partial charge on any atom is 0.264 e. The Hall–Kier alpha value is -5.03. The molecule has 0 saturated heterocycles. The van der Waals surface area contributed by atoms with Gasteiger partial charge in [-0.3, -0.25) is 9.10 Å². The molecule has 0 saturated carbocycles. The predicted octanol–water partition coefficient (Wildman–Crippen LogP) is 5.34. The number of sulfonamides is 1. The van der Waals surface area contributed by atoms with Crippen molar-refractivity contribution in [3.8, 4) is 23.0 Å². The molecule has 0 atom stereocenters. The lowest BCUT2D eigenvalue weighted by atomic mass is 10.2. The average molecular weight is 618 g/mol. The minimum Gasteiger partial charge on any atom is -0.493 e. The van der Waals surface area contributed by atoms with Crippen LogP contribution in [0.3, 0.4) is 0 Å². The van der Waals surface area contributed by atoms with Gasteiger partial charge in [-0.1, -0.05) is 48.0 Å². The van der Waals surface area contributed by atoms with E-state index >= 15 is 0 Å². The Morgan fingerprint density at radius 3 is 2.23 bits per heavy atom. The third-order valence-electron chi connectivity index (χ3n) is 6.46. The molecule has 0 fully saturated rings. The van der Waals surface area contributed by atoms with E-state index in [-0.39, 0.29) is 10.6 Å². The van der Waals surface area contributed by atoms with Gasteiger partial charge < -0.3 is 18.9 Å². The van der Waals surface area contributed by atoms with Gasteiger partial charge in [-0.05, 0) is 67.4 Å². The summed E-state index contributed by atoms with van der Waals surface area (Å²) in [4.78, 5) is 13.1. The summed E-state index contributed by atoms with van der Waals surface area (Å²) >= 11 is 0. The molecule has 0 unspecified atom stereocenters. The molecule has 44 heavy (non-hydrogen) atoms. The van der Waals surface area contributed by atoms with E-state index in [1.54, 1.807) is 42.5 Å². The molecule has 11 heteroatoms. The quantitative estimate of drug-likeness (QED) is 0.150. The number of amides is 1. The number of hydrazone groups is 1. The fraction of sp³-hybridized carbons (Fsp3) is 0.212. The average Bonchev–Trinajstić information content (AvgIpc) is 3.03. The summed E-state index contributed by atoms with van der Waals surface area (Å²) in [5, 5.41) is 4.05. The summed E-state index contributed by atoms with van der Waals surface area (Å²) in [7, 11) is -1.21. The van der Waals surface area contributed by atoms with Gasteiger partial charge >= 0.3 is 0 Å². The van der Waals surface area contributed by atoms with Crippen LogP contribution in [-0.4, -0.2) is 47.9 Å². The maximum absolute atomic E-state index is 13.7. The van der Waals surface area contributed by atoms with Crippen molar-refractivity contribution in [1.29, 1.82) is 0 Å². The zero-order valence-corrected chi connectivity index (χ0v) is 25.8. The Kier molecular flexibility index (Phi) is 10.8. The van der Waals surface area contributed by atoms with Gasteiger partial charge in [0, 0.05) is 6.07 Å². The van der Waals surface area contributed by atoms with Crippen molar-refractivity contribution in [2.75, 3.05) is 31.7 Å². The van der Waals surface area contributed by atoms with Crippen LogP contribution in [0.5, 0.6) is 23.0 Å². The highest BCUT2D eigenvalue weighted by Gasteiger charge is 2.28. The largest absolute Gasteiger partial charge is 0.493 e. The van der Waals surface area contributed by atoms with E-state index in [0.717, 1.165) is 15.4 Å². The van der Waals surface area contributed by atoms with Gasteiger partial charge in [0.2, 0.25) is 0 Å². The fourth-order valence-electron chi connectivity index (χ4n) is 4.20. The second-order valence-electron chi connectivity index (χ2n) is 9.57. The standard InChI is InChI=1S/C33H35N3O7S/c1-5-42-32-19-26(13-17-30(32)43-23-25-9-7-6-8-10-25)21-34-35-33(37)22-36(27-14-18-29(40-3)31(20-27)41-4)44(38,39)28-15-11-24(2)12-16-28/h6-21H,5,22-23H2,1-4H3,(H,35,37)/b34-21-.